The molecule has 2 heterocycles. The molecule has 1 aliphatic rings. The number of nitrogens with one attached hydrogen (secondary N) is 3. The highest BCUT2D eigenvalue weighted by molar-refractivity contribution is 5.85. The van der Waals surface area contributed by atoms with Crippen molar-refractivity contribution in [3.63, 3.8) is 0 Å². The minimum atomic E-state index is -0.823. The number of anilines is 1. The first-order chi connectivity index (χ1) is 17.9. The van der Waals surface area contributed by atoms with E-state index in [9.17, 15) is 19.2 Å². The average molecular weight is 508 g/mol. The highest BCUT2D eigenvalue weighted by Gasteiger charge is 2.32. The van der Waals surface area contributed by atoms with Gasteiger partial charge >= 0.3 is 18.3 Å². The normalized spacial score (nSPS) is 13.4. The number of amides is 3. The van der Waals surface area contributed by atoms with Crippen molar-refractivity contribution >= 4 is 24.0 Å². The minimum absolute atomic E-state index is 0.0612. The fourth-order valence-corrected chi connectivity index (χ4v) is 3.69. The summed E-state index contributed by atoms with van der Waals surface area (Å²) in [7, 11) is 1.26. The van der Waals surface area contributed by atoms with Gasteiger partial charge in [-0.1, -0.05) is 42.5 Å². The van der Waals surface area contributed by atoms with Crippen LogP contribution in [0.1, 0.15) is 11.3 Å². The van der Waals surface area contributed by atoms with E-state index in [1.54, 1.807) is 30.3 Å². The van der Waals surface area contributed by atoms with E-state index in [0.717, 1.165) is 5.56 Å². The summed E-state index contributed by atoms with van der Waals surface area (Å²) in [5.74, 6) is 0. The van der Waals surface area contributed by atoms with E-state index in [2.05, 4.69) is 25.6 Å². The summed E-state index contributed by atoms with van der Waals surface area (Å²) in [6, 6.07) is 17.3. The maximum absolute atomic E-state index is 12.5. The molecule has 3 N–H and O–H groups in total. The molecule has 0 aliphatic carbocycles. The number of carbonyl (C=O) groups excluding carboxylic acids is 3. The lowest BCUT2D eigenvalue weighted by Crippen LogP contribution is -2.50. The molecule has 3 amide bonds. The number of methoxy groups -OCH3 is 1. The summed E-state index contributed by atoms with van der Waals surface area (Å²) in [5, 5.41) is 11.8. The van der Waals surface area contributed by atoms with E-state index in [1.165, 1.54) is 12.0 Å². The summed E-state index contributed by atoms with van der Waals surface area (Å²) in [6.07, 6.45) is -2.64. The number of hydrogen-bond acceptors (Lipinski definition) is 8. The second kappa shape index (κ2) is 11.7. The molecule has 3 aromatic rings. The number of carbonyl (C=O) groups is 3. The van der Waals surface area contributed by atoms with Crippen LogP contribution < -0.4 is 16.2 Å². The van der Waals surface area contributed by atoms with E-state index < -0.39 is 30.0 Å². The number of rotatable bonds is 8. The molecule has 0 spiro atoms. The third-order valence-corrected chi connectivity index (χ3v) is 5.55. The predicted molar refractivity (Wildman–Crippen MR) is 132 cm³/mol. The van der Waals surface area contributed by atoms with E-state index in [1.807, 2.05) is 30.3 Å². The largest absolute Gasteiger partial charge is 0.453 e. The van der Waals surface area contributed by atoms with Crippen LogP contribution in [-0.2, 0) is 27.2 Å². The first kappa shape index (κ1) is 25.2. The Hall–Kier alpha value is -4.87. The zero-order chi connectivity index (χ0) is 26.2. The Morgan fingerprint density at radius 2 is 1.86 bits per heavy atom. The zero-order valence-corrected chi connectivity index (χ0v) is 19.9. The van der Waals surface area contributed by atoms with Crippen molar-refractivity contribution < 1.29 is 28.6 Å². The van der Waals surface area contributed by atoms with Gasteiger partial charge in [0.2, 0.25) is 0 Å². The van der Waals surface area contributed by atoms with Gasteiger partial charge in [0, 0.05) is 12.1 Å². The molecule has 1 aliphatic heterocycles. The second-order valence-corrected chi connectivity index (χ2v) is 8.03. The van der Waals surface area contributed by atoms with Crippen molar-refractivity contribution in [1.29, 1.82) is 0 Å². The van der Waals surface area contributed by atoms with Crippen molar-refractivity contribution in [1.82, 2.24) is 20.4 Å². The monoisotopic (exact) mass is 507 g/mol. The van der Waals surface area contributed by atoms with Crippen molar-refractivity contribution in [2.24, 2.45) is 0 Å². The molecule has 1 aromatic heterocycles. The van der Waals surface area contributed by atoms with Gasteiger partial charge in [0.05, 0.1) is 24.9 Å². The third kappa shape index (κ3) is 6.63. The molecular formula is C25H25N5O7. The Morgan fingerprint density at radius 3 is 2.54 bits per heavy atom. The Morgan fingerprint density at radius 1 is 1.11 bits per heavy atom. The van der Waals surface area contributed by atoms with Crippen molar-refractivity contribution in [2.75, 3.05) is 25.6 Å². The van der Waals surface area contributed by atoms with Crippen LogP contribution in [0.15, 0.2) is 65.5 Å². The summed E-state index contributed by atoms with van der Waals surface area (Å²) in [4.78, 5) is 50.0. The van der Waals surface area contributed by atoms with Gasteiger partial charge in [-0.3, -0.25) is 15.0 Å². The number of nitrogens with zero attached hydrogens (tertiary/aromatic N) is 2. The molecule has 12 nitrogen and oxygen atoms in total. The van der Waals surface area contributed by atoms with Gasteiger partial charge < -0.3 is 19.5 Å². The molecule has 0 bridgehead atoms. The number of cyclic esters (lactones) is 1. The van der Waals surface area contributed by atoms with Crippen LogP contribution in [0.25, 0.3) is 11.1 Å². The van der Waals surface area contributed by atoms with Crippen LogP contribution in [0, 0.1) is 0 Å². The molecule has 37 heavy (non-hydrogen) atoms. The van der Waals surface area contributed by atoms with Crippen LogP contribution in [0.5, 0.6) is 0 Å². The van der Waals surface area contributed by atoms with Crippen LogP contribution >= 0.6 is 0 Å². The highest BCUT2D eigenvalue weighted by Crippen LogP contribution is 2.20. The summed E-state index contributed by atoms with van der Waals surface area (Å²) < 4.78 is 14.9. The van der Waals surface area contributed by atoms with E-state index in [4.69, 9.17) is 9.47 Å². The second-order valence-electron chi connectivity index (χ2n) is 8.03. The molecule has 0 saturated carbocycles. The molecule has 1 atom stereocenters. The molecule has 2 aromatic carbocycles. The number of benzene rings is 2. The SMILES string of the molecule is COC(=O)Nc1ccc(-c2cc(C[C@@H](NC(=O)OCc3ccccc3)N3CCOC3=O)n[nH]c2=O)cc1. The minimum Gasteiger partial charge on any atom is -0.453 e. The van der Waals surface area contributed by atoms with Gasteiger partial charge in [0.15, 0.2) is 0 Å². The Bertz CT molecular complexity index is 1310. The molecule has 192 valence electrons. The molecular weight excluding hydrogens is 482 g/mol. The molecule has 1 saturated heterocycles. The summed E-state index contributed by atoms with van der Waals surface area (Å²) in [5.41, 5.74) is 2.20. The van der Waals surface area contributed by atoms with Gasteiger partial charge in [0.1, 0.15) is 19.4 Å². The van der Waals surface area contributed by atoms with Crippen LogP contribution in [0.4, 0.5) is 20.1 Å². The van der Waals surface area contributed by atoms with Gasteiger partial charge in [-0.15, -0.1) is 0 Å². The average Bonchev–Trinajstić information content (AvgIpc) is 3.35. The summed E-state index contributed by atoms with van der Waals surface area (Å²) >= 11 is 0. The van der Waals surface area contributed by atoms with Gasteiger partial charge in [0.25, 0.3) is 5.56 Å². The van der Waals surface area contributed by atoms with Crippen LogP contribution in [0.3, 0.4) is 0 Å². The number of aromatic amines is 1. The Balaban J connectivity index is 1.49. The third-order valence-electron chi connectivity index (χ3n) is 5.55. The van der Waals surface area contributed by atoms with Crippen molar-refractivity contribution in [3.8, 4) is 11.1 Å². The standard InChI is InChI=1S/C25H25N5O7/c1-35-23(32)26-18-9-7-17(8-10-18)20-13-19(28-29-22(20)31)14-21(30-11-12-36-25(30)34)27-24(33)37-15-16-5-3-2-4-6-16/h2-10,13,21H,11-12,14-15H2,1H3,(H,26,32)(H,27,33)(H,29,31)/t21-/m0/s1. The Kier molecular flexibility index (Phi) is 7.98. The number of alkyl carbamates (subject to hydrolysis) is 1. The van der Waals surface area contributed by atoms with Gasteiger partial charge in [-0.05, 0) is 29.3 Å². The molecule has 4 rings (SSSR count). The number of H-pyrrole nitrogens is 1. The fourth-order valence-electron chi connectivity index (χ4n) is 3.69. The lowest BCUT2D eigenvalue weighted by Gasteiger charge is -2.26. The van der Waals surface area contributed by atoms with Crippen LogP contribution in [0.2, 0.25) is 0 Å². The molecule has 0 unspecified atom stereocenters. The van der Waals surface area contributed by atoms with E-state index in [0.29, 0.717) is 22.5 Å². The molecule has 0 radical (unpaired) electrons. The Labute approximate surface area is 211 Å². The van der Waals surface area contributed by atoms with E-state index in [-0.39, 0.29) is 26.2 Å². The number of aromatic nitrogens is 2. The number of ether oxygens (including phenoxy) is 3. The van der Waals surface area contributed by atoms with Crippen LogP contribution in [-0.4, -0.2) is 59.8 Å². The van der Waals surface area contributed by atoms with Crippen molar-refractivity contribution in [3.05, 3.63) is 82.3 Å². The zero-order valence-electron chi connectivity index (χ0n) is 19.9. The summed E-state index contributed by atoms with van der Waals surface area (Å²) in [6.45, 7) is 0.519. The van der Waals surface area contributed by atoms with Gasteiger partial charge in [-0.25, -0.2) is 19.5 Å². The maximum Gasteiger partial charge on any atom is 0.411 e. The quantitative estimate of drug-likeness (QED) is 0.394. The molecule has 12 heteroatoms. The number of hydrogen-bond donors (Lipinski definition) is 3. The first-order valence-corrected chi connectivity index (χ1v) is 11.4. The highest BCUT2D eigenvalue weighted by atomic mass is 16.6. The fraction of sp³-hybridized carbons (Fsp3) is 0.240. The predicted octanol–water partition coefficient (Wildman–Crippen LogP) is 2.86. The van der Waals surface area contributed by atoms with Crippen molar-refractivity contribution in [2.45, 2.75) is 19.2 Å². The lowest BCUT2D eigenvalue weighted by atomic mass is 10.1. The topological polar surface area (TPSA) is 152 Å². The lowest BCUT2D eigenvalue weighted by molar-refractivity contribution is 0.114. The van der Waals surface area contributed by atoms with Gasteiger partial charge in [-0.2, -0.15) is 5.10 Å². The maximum atomic E-state index is 12.5. The smallest absolute Gasteiger partial charge is 0.411 e. The molecule has 1 fully saturated rings. The first-order valence-electron chi connectivity index (χ1n) is 11.4. The van der Waals surface area contributed by atoms with E-state index >= 15 is 0 Å².